The van der Waals surface area contributed by atoms with E-state index in [2.05, 4.69) is 26.8 Å². The second-order valence-corrected chi connectivity index (χ2v) is 3.91. The predicted molar refractivity (Wildman–Crippen MR) is 52.2 cm³/mol. The summed E-state index contributed by atoms with van der Waals surface area (Å²) in [7, 11) is 0. The largest absolute Gasteiger partial charge is 0.374 e. The Hall–Kier alpha value is -0.300. The van der Waals surface area contributed by atoms with Crippen molar-refractivity contribution in [2.45, 2.75) is 46.1 Å². The summed E-state index contributed by atoms with van der Waals surface area (Å²) < 4.78 is 5.64. The van der Waals surface area contributed by atoms with E-state index in [0.29, 0.717) is 6.10 Å². The third-order valence-electron chi connectivity index (χ3n) is 2.61. The number of ether oxygens (including phenoxy) is 1. The van der Waals surface area contributed by atoms with E-state index in [0.717, 1.165) is 18.9 Å². The van der Waals surface area contributed by atoms with Gasteiger partial charge in [-0.05, 0) is 32.1 Å². The number of rotatable bonds is 2. The fraction of sp³-hybridized carbons (Fsp3) is 0.818. The van der Waals surface area contributed by atoms with E-state index in [1.165, 1.54) is 18.4 Å². The normalized spacial score (nSPS) is 32.1. The molecule has 0 N–H and O–H groups in total. The Balaban J connectivity index is 2.41. The van der Waals surface area contributed by atoms with Crippen LogP contribution in [0.2, 0.25) is 0 Å². The van der Waals surface area contributed by atoms with Gasteiger partial charge in [0, 0.05) is 6.61 Å². The molecule has 1 heterocycles. The lowest BCUT2D eigenvalue weighted by Crippen LogP contribution is -2.22. The number of hydrogen-bond donors (Lipinski definition) is 0. The van der Waals surface area contributed by atoms with Crippen LogP contribution in [-0.4, -0.2) is 12.7 Å². The highest BCUT2D eigenvalue weighted by Crippen LogP contribution is 2.21. The second-order valence-electron chi connectivity index (χ2n) is 3.91. The molecule has 2 atom stereocenters. The van der Waals surface area contributed by atoms with Crippen LogP contribution < -0.4 is 0 Å². The first-order valence-electron chi connectivity index (χ1n) is 5.01. The number of hydrogen-bond acceptors (Lipinski definition) is 1. The Morgan fingerprint density at radius 1 is 1.58 bits per heavy atom. The third kappa shape index (κ3) is 2.98. The quantitative estimate of drug-likeness (QED) is 0.575. The average Bonchev–Trinajstić information content (AvgIpc) is 2.04. The van der Waals surface area contributed by atoms with Gasteiger partial charge in [-0.2, -0.15) is 0 Å². The van der Waals surface area contributed by atoms with Gasteiger partial charge in [-0.15, -0.1) is 0 Å². The van der Waals surface area contributed by atoms with Crippen LogP contribution in [0.25, 0.3) is 0 Å². The highest BCUT2D eigenvalue weighted by Gasteiger charge is 2.16. The van der Waals surface area contributed by atoms with Crippen LogP contribution in [0.3, 0.4) is 0 Å². The average molecular weight is 168 g/mol. The Morgan fingerprint density at radius 2 is 2.33 bits per heavy atom. The molecule has 0 aromatic carbocycles. The first-order chi connectivity index (χ1) is 5.72. The molecular weight excluding hydrogens is 148 g/mol. The zero-order valence-corrected chi connectivity index (χ0v) is 8.47. The zero-order valence-electron chi connectivity index (χ0n) is 8.47. The van der Waals surface area contributed by atoms with Crippen molar-refractivity contribution < 1.29 is 4.74 Å². The van der Waals surface area contributed by atoms with E-state index >= 15 is 0 Å². The minimum absolute atomic E-state index is 0.397. The maximum absolute atomic E-state index is 5.64. The Bertz CT molecular complexity index is 160. The summed E-state index contributed by atoms with van der Waals surface area (Å²) in [5.74, 6) is 0.838. The molecule has 0 amide bonds. The summed E-state index contributed by atoms with van der Waals surface area (Å²) in [6.07, 6.45) is 6.27. The highest BCUT2D eigenvalue weighted by molar-refractivity contribution is 5.02. The van der Waals surface area contributed by atoms with Crippen molar-refractivity contribution in [3.05, 3.63) is 11.6 Å². The van der Waals surface area contributed by atoms with Crippen molar-refractivity contribution in [1.82, 2.24) is 0 Å². The fourth-order valence-electron chi connectivity index (χ4n) is 1.55. The molecule has 1 nitrogen and oxygen atoms in total. The molecule has 0 aromatic heterocycles. The Morgan fingerprint density at radius 3 is 2.92 bits per heavy atom. The summed E-state index contributed by atoms with van der Waals surface area (Å²) in [4.78, 5) is 0. The van der Waals surface area contributed by atoms with Gasteiger partial charge in [-0.1, -0.05) is 25.5 Å². The Kier molecular flexibility index (Phi) is 3.80. The molecule has 0 aromatic rings. The van der Waals surface area contributed by atoms with Gasteiger partial charge in [-0.25, -0.2) is 0 Å². The standard InChI is InChI=1S/C11H20O/c1-4-9(2)7-11-8-10(3)5-6-12-11/h7,10-11H,4-6,8H2,1-3H3/b9-7+/t10-,11-/m0/s1. The molecular formula is C11H20O. The van der Waals surface area contributed by atoms with Gasteiger partial charge in [0.15, 0.2) is 0 Å². The van der Waals surface area contributed by atoms with Crippen LogP contribution in [0.5, 0.6) is 0 Å². The molecule has 0 aliphatic carbocycles. The third-order valence-corrected chi connectivity index (χ3v) is 2.61. The monoisotopic (exact) mass is 168 g/mol. The summed E-state index contributed by atoms with van der Waals surface area (Å²) in [6.45, 7) is 7.63. The van der Waals surface area contributed by atoms with Crippen molar-refractivity contribution >= 4 is 0 Å². The van der Waals surface area contributed by atoms with Crippen LogP contribution >= 0.6 is 0 Å². The first-order valence-corrected chi connectivity index (χ1v) is 5.01. The molecule has 0 spiro atoms. The van der Waals surface area contributed by atoms with Crippen LogP contribution in [0, 0.1) is 5.92 Å². The molecule has 0 radical (unpaired) electrons. The molecule has 0 unspecified atom stereocenters. The molecule has 1 saturated heterocycles. The van der Waals surface area contributed by atoms with Gasteiger partial charge in [0.2, 0.25) is 0 Å². The van der Waals surface area contributed by atoms with Crippen molar-refractivity contribution in [1.29, 1.82) is 0 Å². The minimum atomic E-state index is 0.397. The van der Waals surface area contributed by atoms with Crippen molar-refractivity contribution in [3.63, 3.8) is 0 Å². The summed E-state index contributed by atoms with van der Waals surface area (Å²) in [5, 5.41) is 0. The highest BCUT2D eigenvalue weighted by atomic mass is 16.5. The Labute approximate surface area is 75.8 Å². The van der Waals surface area contributed by atoms with E-state index < -0.39 is 0 Å². The van der Waals surface area contributed by atoms with Gasteiger partial charge < -0.3 is 4.74 Å². The molecule has 1 aliphatic rings. The van der Waals surface area contributed by atoms with Gasteiger partial charge in [0.25, 0.3) is 0 Å². The molecule has 1 fully saturated rings. The molecule has 12 heavy (non-hydrogen) atoms. The van der Waals surface area contributed by atoms with E-state index in [4.69, 9.17) is 4.74 Å². The van der Waals surface area contributed by atoms with Crippen LogP contribution in [0.15, 0.2) is 11.6 Å². The molecule has 1 aliphatic heterocycles. The maximum Gasteiger partial charge on any atom is 0.0760 e. The van der Waals surface area contributed by atoms with Crippen molar-refractivity contribution in [2.24, 2.45) is 5.92 Å². The lowest BCUT2D eigenvalue weighted by Gasteiger charge is -2.25. The number of allylic oxidation sites excluding steroid dienone is 1. The van der Waals surface area contributed by atoms with Gasteiger partial charge >= 0.3 is 0 Å². The second kappa shape index (κ2) is 4.66. The minimum Gasteiger partial charge on any atom is -0.374 e. The first kappa shape index (κ1) is 9.79. The summed E-state index contributed by atoms with van der Waals surface area (Å²) in [5.41, 5.74) is 1.45. The van der Waals surface area contributed by atoms with E-state index in [-0.39, 0.29) is 0 Å². The predicted octanol–water partition coefficient (Wildman–Crippen LogP) is 3.16. The van der Waals surface area contributed by atoms with Gasteiger partial charge in [0.05, 0.1) is 6.10 Å². The van der Waals surface area contributed by atoms with Crippen LogP contribution in [-0.2, 0) is 4.74 Å². The van der Waals surface area contributed by atoms with Crippen molar-refractivity contribution in [2.75, 3.05) is 6.61 Å². The summed E-state index contributed by atoms with van der Waals surface area (Å²) >= 11 is 0. The van der Waals surface area contributed by atoms with E-state index in [1.807, 2.05) is 0 Å². The topological polar surface area (TPSA) is 9.23 Å². The molecule has 0 saturated carbocycles. The van der Waals surface area contributed by atoms with E-state index in [9.17, 15) is 0 Å². The SMILES string of the molecule is CC/C(C)=C/[C@H]1C[C@@H](C)CCO1. The van der Waals surface area contributed by atoms with Gasteiger partial charge in [0.1, 0.15) is 0 Å². The lowest BCUT2D eigenvalue weighted by molar-refractivity contribution is 0.0234. The van der Waals surface area contributed by atoms with E-state index in [1.54, 1.807) is 0 Å². The molecule has 0 bridgehead atoms. The van der Waals surface area contributed by atoms with Crippen LogP contribution in [0.1, 0.15) is 40.0 Å². The fourth-order valence-corrected chi connectivity index (χ4v) is 1.55. The molecule has 1 rings (SSSR count). The van der Waals surface area contributed by atoms with Gasteiger partial charge in [-0.3, -0.25) is 0 Å². The lowest BCUT2D eigenvalue weighted by atomic mass is 9.96. The smallest absolute Gasteiger partial charge is 0.0760 e. The zero-order chi connectivity index (χ0) is 8.97. The molecule has 70 valence electrons. The molecule has 1 heteroatoms. The summed E-state index contributed by atoms with van der Waals surface area (Å²) in [6, 6.07) is 0. The van der Waals surface area contributed by atoms with Crippen molar-refractivity contribution in [3.8, 4) is 0 Å². The maximum atomic E-state index is 5.64. The van der Waals surface area contributed by atoms with Crippen LogP contribution in [0.4, 0.5) is 0 Å².